The quantitative estimate of drug-likeness (QED) is 0.700. The third-order valence-electron chi connectivity index (χ3n) is 4.92. The highest BCUT2D eigenvalue weighted by molar-refractivity contribution is 5.91. The van der Waals surface area contributed by atoms with Gasteiger partial charge in [-0.3, -0.25) is 0 Å². The Labute approximate surface area is 168 Å². The summed E-state index contributed by atoms with van der Waals surface area (Å²) in [6, 6.07) is 14.3. The summed E-state index contributed by atoms with van der Waals surface area (Å²) < 4.78 is 16.1. The molecule has 2 aromatic carbocycles. The molecule has 1 aliphatic heterocycles. The molecule has 1 saturated heterocycles. The Morgan fingerprint density at radius 1 is 1.17 bits per heavy atom. The van der Waals surface area contributed by atoms with E-state index in [4.69, 9.17) is 14.0 Å². The number of ether oxygens (including phenoxy) is 2. The molecule has 150 valence electrons. The summed E-state index contributed by atoms with van der Waals surface area (Å²) in [5, 5.41) is 7.00. The Balaban J connectivity index is 1.52. The second kappa shape index (κ2) is 8.22. The van der Waals surface area contributed by atoms with Gasteiger partial charge >= 0.3 is 6.03 Å². The minimum absolute atomic E-state index is 0.224. The lowest BCUT2D eigenvalue weighted by Crippen LogP contribution is -2.34. The molecule has 3 aromatic rings. The van der Waals surface area contributed by atoms with Crippen molar-refractivity contribution in [3.05, 3.63) is 54.4 Å². The van der Waals surface area contributed by atoms with E-state index in [1.54, 1.807) is 31.3 Å². The fraction of sp³-hybridized carbons (Fsp3) is 0.286. The zero-order valence-corrected chi connectivity index (χ0v) is 16.3. The van der Waals surface area contributed by atoms with E-state index in [2.05, 4.69) is 15.5 Å². The molecule has 0 radical (unpaired) electrons. The summed E-state index contributed by atoms with van der Waals surface area (Å²) in [5.41, 5.74) is 1.41. The SMILES string of the molecule is COc1cccc(-c2noc([C@@H]3CCCN3C(=O)Nc3ccccc3OC)n2)c1. The number of urea groups is 1. The smallest absolute Gasteiger partial charge is 0.322 e. The third-order valence-corrected chi connectivity index (χ3v) is 4.92. The van der Waals surface area contributed by atoms with Crippen LogP contribution in [0.2, 0.25) is 0 Å². The average molecular weight is 394 g/mol. The highest BCUT2D eigenvalue weighted by atomic mass is 16.5. The van der Waals surface area contributed by atoms with Crippen molar-refractivity contribution >= 4 is 11.7 Å². The zero-order chi connectivity index (χ0) is 20.2. The number of nitrogens with zero attached hydrogens (tertiary/aromatic N) is 3. The van der Waals surface area contributed by atoms with Crippen molar-refractivity contribution < 1.29 is 18.8 Å². The van der Waals surface area contributed by atoms with Crippen LogP contribution < -0.4 is 14.8 Å². The van der Waals surface area contributed by atoms with E-state index in [9.17, 15) is 4.79 Å². The Morgan fingerprint density at radius 2 is 2.03 bits per heavy atom. The van der Waals surface area contributed by atoms with Crippen molar-refractivity contribution in [1.29, 1.82) is 0 Å². The molecule has 0 spiro atoms. The van der Waals surface area contributed by atoms with Gasteiger partial charge in [-0.2, -0.15) is 4.98 Å². The number of rotatable bonds is 5. The molecule has 1 N–H and O–H groups in total. The van der Waals surface area contributed by atoms with Gasteiger partial charge in [0.25, 0.3) is 0 Å². The fourth-order valence-electron chi connectivity index (χ4n) is 3.45. The third kappa shape index (κ3) is 3.87. The van der Waals surface area contributed by atoms with Gasteiger partial charge in [-0.25, -0.2) is 4.79 Å². The molecule has 8 nitrogen and oxygen atoms in total. The van der Waals surface area contributed by atoms with Gasteiger partial charge in [0.15, 0.2) is 0 Å². The van der Waals surface area contributed by atoms with Crippen LogP contribution in [0.4, 0.5) is 10.5 Å². The highest BCUT2D eigenvalue weighted by Crippen LogP contribution is 2.33. The second-order valence-corrected chi connectivity index (χ2v) is 6.67. The van der Waals surface area contributed by atoms with Crippen LogP contribution in [-0.2, 0) is 0 Å². The summed E-state index contributed by atoms with van der Waals surface area (Å²) in [6.07, 6.45) is 1.62. The first-order valence-electron chi connectivity index (χ1n) is 9.38. The number of carbonyl (C=O) groups is 1. The van der Waals surface area contributed by atoms with Crippen molar-refractivity contribution in [2.45, 2.75) is 18.9 Å². The van der Waals surface area contributed by atoms with Gasteiger partial charge in [0, 0.05) is 12.1 Å². The van der Waals surface area contributed by atoms with Crippen molar-refractivity contribution in [2.24, 2.45) is 0 Å². The van der Waals surface area contributed by atoms with Crippen LogP contribution in [0.3, 0.4) is 0 Å². The second-order valence-electron chi connectivity index (χ2n) is 6.67. The first kappa shape index (κ1) is 18.8. The standard InChI is InChI=1S/C21H22N4O4/c1-27-15-8-5-7-14(13-15)19-23-20(29-24-19)17-10-6-12-25(17)21(26)22-16-9-3-4-11-18(16)28-2/h3-5,7-9,11,13,17H,6,10,12H2,1-2H3,(H,22,26)/t17-/m0/s1. The number of benzene rings is 2. The van der Waals surface area contributed by atoms with Gasteiger partial charge in [0.05, 0.1) is 19.9 Å². The van der Waals surface area contributed by atoms with E-state index < -0.39 is 0 Å². The number of anilines is 1. The van der Waals surface area contributed by atoms with E-state index in [1.807, 2.05) is 36.4 Å². The van der Waals surface area contributed by atoms with Crippen LogP contribution in [0.5, 0.6) is 11.5 Å². The van der Waals surface area contributed by atoms with Gasteiger partial charge < -0.3 is 24.2 Å². The number of methoxy groups -OCH3 is 2. The number of aromatic nitrogens is 2. The zero-order valence-electron chi connectivity index (χ0n) is 16.3. The summed E-state index contributed by atoms with van der Waals surface area (Å²) in [6.45, 7) is 0.614. The molecule has 1 fully saturated rings. The predicted molar refractivity (Wildman–Crippen MR) is 107 cm³/mol. The molecule has 2 heterocycles. The number of amides is 2. The molecule has 1 aromatic heterocycles. The summed E-state index contributed by atoms with van der Waals surface area (Å²) >= 11 is 0. The molecule has 29 heavy (non-hydrogen) atoms. The first-order chi connectivity index (χ1) is 14.2. The van der Waals surface area contributed by atoms with Gasteiger partial charge in [-0.15, -0.1) is 0 Å². The maximum atomic E-state index is 12.9. The lowest BCUT2D eigenvalue weighted by atomic mass is 10.2. The number of nitrogens with one attached hydrogen (secondary N) is 1. The Hall–Kier alpha value is -3.55. The Bertz CT molecular complexity index is 1000. The average Bonchev–Trinajstić information content (AvgIpc) is 3.43. The van der Waals surface area contributed by atoms with Crippen LogP contribution in [0.1, 0.15) is 24.8 Å². The van der Waals surface area contributed by atoms with E-state index in [0.29, 0.717) is 35.4 Å². The van der Waals surface area contributed by atoms with E-state index >= 15 is 0 Å². The number of hydrogen-bond donors (Lipinski definition) is 1. The maximum absolute atomic E-state index is 12.9. The van der Waals surface area contributed by atoms with Gasteiger partial charge in [-0.1, -0.05) is 29.4 Å². The molecular formula is C21H22N4O4. The summed E-state index contributed by atoms with van der Waals surface area (Å²) in [4.78, 5) is 19.1. The Kier molecular flexibility index (Phi) is 5.33. The topological polar surface area (TPSA) is 89.7 Å². The van der Waals surface area contributed by atoms with Crippen LogP contribution in [-0.4, -0.2) is 41.8 Å². The van der Waals surface area contributed by atoms with Crippen molar-refractivity contribution in [3.8, 4) is 22.9 Å². The lowest BCUT2D eigenvalue weighted by molar-refractivity contribution is 0.193. The van der Waals surface area contributed by atoms with Crippen LogP contribution in [0.15, 0.2) is 53.1 Å². The van der Waals surface area contributed by atoms with Gasteiger partial charge in [0.2, 0.25) is 11.7 Å². The van der Waals surface area contributed by atoms with E-state index in [0.717, 1.165) is 18.4 Å². The first-order valence-corrected chi connectivity index (χ1v) is 9.38. The summed E-state index contributed by atoms with van der Waals surface area (Å²) in [5.74, 6) is 2.22. The number of para-hydroxylation sites is 2. The summed E-state index contributed by atoms with van der Waals surface area (Å²) in [7, 11) is 3.18. The molecule has 0 unspecified atom stereocenters. The highest BCUT2D eigenvalue weighted by Gasteiger charge is 2.34. The largest absolute Gasteiger partial charge is 0.497 e. The minimum atomic E-state index is -0.267. The molecule has 4 rings (SSSR count). The molecule has 1 atom stereocenters. The number of likely N-dealkylation sites (tertiary alicyclic amines) is 1. The number of hydrogen-bond acceptors (Lipinski definition) is 6. The molecule has 0 aliphatic carbocycles. The molecule has 0 bridgehead atoms. The van der Waals surface area contributed by atoms with Crippen LogP contribution in [0.25, 0.3) is 11.4 Å². The lowest BCUT2D eigenvalue weighted by Gasteiger charge is -2.22. The molecular weight excluding hydrogens is 372 g/mol. The monoisotopic (exact) mass is 394 g/mol. The molecule has 2 amide bonds. The van der Waals surface area contributed by atoms with Crippen molar-refractivity contribution in [2.75, 3.05) is 26.1 Å². The van der Waals surface area contributed by atoms with Crippen molar-refractivity contribution in [1.82, 2.24) is 15.0 Å². The predicted octanol–water partition coefficient (Wildman–Crippen LogP) is 4.12. The van der Waals surface area contributed by atoms with Gasteiger partial charge in [0.1, 0.15) is 17.5 Å². The van der Waals surface area contributed by atoms with Crippen molar-refractivity contribution in [3.63, 3.8) is 0 Å². The number of carbonyl (C=O) groups excluding carboxylic acids is 1. The molecule has 0 saturated carbocycles. The molecule has 1 aliphatic rings. The van der Waals surface area contributed by atoms with E-state index in [-0.39, 0.29) is 12.1 Å². The van der Waals surface area contributed by atoms with Crippen LogP contribution >= 0.6 is 0 Å². The van der Waals surface area contributed by atoms with E-state index in [1.165, 1.54) is 0 Å². The fourth-order valence-corrected chi connectivity index (χ4v) is 3.45. The maximum Gasteiger partial charge on any atom is 0.322 e. The minimum Gasteiger partial charge on any atom is -0.497 e. The normalized spacial score (nSPS) is 15.9. The van der Waals surface area contributed by atoms with Gasteiger partial charge in [-0.05, 0) is 37.1 Å². The van der Waals surface area contributed by atoms with Crippen LogP contribution in [0, 0.1) is 0 Å². The molecule has 8 heteroatoms. The Morgan fingerprint density at radius 3 is 2.86 bits per heavy atom.